The predicted molar refractivity (Wildman–Crippen MR) is 126 cm³/mol. The third-order valence-electron chi connectivity index (χ3n) is 5.48. The van der Waals surface area contributed by atoms with Crippen LogP contribution >= 0.6 is 0 Å². The van der Waals surface area contributed by atoms with Gasteiger partial charge in [-0.05, 0) is 36.2 Å². The minimum Gasteiger partial charge on any atom is -0.467 e. The van der Waals surface area contributed by atoms with Crippen LogP contribution in [0.1, 0.15) is 36.8 Å². The molecular formula is C26H33N3O4. The number of furan rings is 1. The smallest absolute Gasteiger partial charge is 0.249 e. The molecule has 0 aliphatic carbocycles. The average molecular weight is 452 g/mol. The second kappa shape index (κ2) is 12.6. The lowest BCUT2D eigenvalue weighted by atomic mass is 10.2. The Kier molecular flexibility index (Phi) is 9.32. The van der Waals surface area contributed by atoms with Crippen LogP contribution in [0.5, 0.6) is 0 Å². The second-order valence-electron chi connectivity index (χ2n) is 8.09. The number of carbonyl (C=O) groups excluding carboxylic acids is 2. The van der Waals surface area contributed by atoms with Crippen LogP contribution in [0.4, 0.5) is 0 Å². The fourth-order valence-electron chi connectivity index (χ4n) is 3.51. The summed E-state index contributed by atoms with van der Waals surface area (Å²) in [6.45, 7) is 3.69. The van der Waals surface area contributed by atoms with Crippen LogP contribution in [0.25, 0.3) is 0 Å². The monoisotopic (exact) mass is 451 g/mol. The molecule has 0 fully saturated rings. The number of hydrogen-bond donors (Lipinski definition) is 0. The summed E-state index contributed by atoms with van der Waals surface area (Å²) in [5.41, 5.74) is 2.02. The van der Waals surface area contributed by atoms with Crippen LogP contribution in [0, 0.1) is 0 Å². The highest BCUT2D eigenvalue weighted by atomic mass is 16.5. The molecular weight excluding hydrogens is 418 g/mol. The molecule has 0 aliphatic rings. The lowest BCUT2D eigenvalue weighted by Crippen LogP contribution is -2.44. The van der Waals surface area contributed by atoms with Crippen molar-refractivity contribution in [3.05, 3.63) is 84.1 Å². The Morgan fingerprint density at radius 3 is 2.45 bits per heavy atom. The molecule has 0 spiro atoms. The molecule has 0 bridgehead atoms. The summed E-state index contributed by atoms with van der Waals surface area (Å²) >= 11 is 0. The summed E-state index contributed by atoms with van der Waals surface area (Å²) in [5.74, 6) is 0.403. The zero-order valence-electron chi connectivity index (χ0n) is 19.5. The van der Waals surface area contributed by atoms with Gasteiger partial charge in [0, 0.05) is 25.5 Å². The summed E-state index contributed by atoms with van der Waals surface area (Å²) in [6, 6.07) is 17.3. The van der Waals surface area contributed by atoms with Gasteiger partial charge >= 0.3 is 0 Å². The maximum Gasteiger partial charge on any atom is 0.249 e. The van der Waals surface area contributed by atoms with Gasteiger partial charge < -0.3 is 23.5 Å². The van der Waals surface area contributed by atoms with Crippen LogP contribution in [0.3, 0.4) is 0 Å². The molecule has 2 heterocycles. The van der Waals surface area contributed by atoms with Gasteiger partial charge in [0.15, 0.2) is 0 Å². The van der Waals surface area contributed by atoms with Gasteiger partial charge in [-0.1, -0.05) is 43.7 Å². The molecule has 0 N–H and O–H groups in total. The first kappa shape index (κ1) is 24.3. The molecule has 0 saturated carbocycles. The molecule has 0 atom stereocenters. The number of carbonyl (C=O) groups is 2. The highest BCUT2D eigenvalue weighted by molar-refractivity contribution is 5.85. The Bertz CT molecular complexity index is 982. The number of nitrogens with zero attached hydrogens (tertiary/aromatic N) is 3. The predicted octanol–water partition coefficient (Wildman–Crippen LogP) is 3.99. The molecule has 0 aliphatic heterocycles. The number of benzene rings is 1. The summed E-state index contributed by atoms with van der Waals surface area (Å²) in [4.78, 5) is 29.5. The first-order valence-corrected chi connectivity index (χ1v) is 11.4. The summed E-state index contributed by atoms with van der Waals surface area (Å²) in [6.07, 6.45) is 5.31. The number of aromatic nitrogens is 1. The molecule has 2 aromatic heterocycles. The zero-order valence-corrected chi connectivity index (χ0v) is 19.5. The molecule has 2 amide bonds. The van der Waals surface area contributed by atoms with Gasteiger partial charge in [0.25, 0.3) is 0 Å². The third kappa shape index (κ3) is 7.64. The Hall–Kier alpha value is -3.32. The molecule has 7 heteroatoms. The fraction of sp³-hybridized carbons (Fsp3) is 0.385. The van der Waals surface area contributed by atoms with Gasteiger partial charge in [-0.25, -0.2) is 0 Å². The number of amides is 2. The van der Waals surface area contributed by atoms with Gasteiger partial charge in [-0.15, -0.1) is 0 Å². The van der Waals surface area contributed by atoms with Crippen molar-refractivity contribution >= 4 is 11.8 Å². The van der Waals surface area contributed by atoms with E-state index >= 15 is 0 Å². The van der Waals surface area contributed by atoms with Gasteiger partial charge in [0.1, 0.15) is 12.4 Å². The summed E-state index contributed by atoms with van der Waals surface area (Å²) in [5, 5.41) is 0. The first-order valence-electron chi connectivity index (χ1n) is 11.4. The van der Waals surface area contributed by atoms with Crippen LogP contribution < -0.4 is 0 Å². The lowest BCUT2D eigenvalue weighted by molar-refractivity contribution is -0.144. The van der Waals surface area contributed by atoms with Gasteiger partial charge in [-0.3, -0.25) is 9.59 Å². The second-order valence-corrected chi connectivity index (χ2v) is 8.09. The van der Waals surface area contributed by atoms with Crippen molar-refractivity contribution < 1.29 is 18.7 Å². The summed E-state index contributed by atoms with van der Waals surface area (Å²) in [7, 11) is 1.95. The van der Waals surface area contributed by atoms with E-state index in [0.29, 0.717) is 32.0 Å². The fourth-order valence-corrected chi connectivity index (χ4v) is 3.51. The van der Waals surface area contributed by atoms with Crippen molar-refractivity contribution in [3.8, 4) is 0 Å². The maximum absolute atomic E-state index is 13.3. The number of aryl methyl sites for hydroxylation is 1. The van der Waals surface area contributed by atoms with E-state index < -0.39 is 0 Å². The van der Waals surface area contributed by atoms with Crippen LogP contribution in [0.15, 0.2) is 71.5 Å². The number of rotatable bonds is 13. The molecule has 3 aromatic rings. The van der Waals surface area contributed by atoms with Crippen molar-refractivity contribution in [1.82, 2.24) is 14.4 Å². The van der Waals surface area contributed by atoms with Crippen molar-refractivity contribution in [3.63, 3.8) is 0 Å². The molecule has 3 rings (SSSR count). The number of hydrogen-bond acceptors (Lipinski definition) is 4. The van der Waals surface area contributed by atoms with E-state index in [1.54, 1.807) is 16.1 Å². The lowest BCUT2D eigenvalue weighted by Gasteiger charge is -2.27. The Morgan fingerprint density at radius 2 is 1.79 bits per heavy atom. The average Bonchev–Trinajstić information content (AvgIpc) is 3.48. The van der Waals surface area contributed by atoms with Gasteiger partial charge in [0.2, 0.25) is 11.8 Å². The Labute approximate surface area is 195 Å². The topological polar surface area (TPSA) is 67.9 Å². The van der Waals surface area contributed by atoms with E-state index in [1.807, 2.05) is 72.4 Å². The van der Waals surface area contributed by atoms with Crippen LogP contribution in [-0.2, 0) is 41.1 Å². The van der Waals surface area contributed by atoms with Crippen LogP contribution in [-0.4, -0.2) is 45.9 Å². The van der Waals surface area contributed by atoms with Crippen LogP contribution in [0.2, 0.25) is 0 Å². The van der Waals surface area contributed by atoms with Gasteiger partial charge in [-0.2, -0.15) is 0 Å². The normalized spacial score (nSPS) is 10.8. The molecule has 0 unspecified atom stereocenters. The molecule has 0 saturated heterocycles. The molecule has 0 radical (unpaired) electrons. The number of unbranched alkanes of at least 4 members (excludes halogenated alkanes) is 1. The van der Waals surface area contributed by atoms with E-state index in [0.717, 1.165) is 24.1 Å². The van der Waals surface area contributed by atoms with Crippen molar-refractivity contribution in [2.24, 2.45) is 7.05 Å². The van der Waals surface area contributed by atoms with Gasteiger partial charge in [0.05, 0.1) is 32.5 Å². The van der Waals surface area contributed by atoms with E-state index in [4.69, 9.17) is 9.15 Å². The minimum absolute atomic E-state index is 0.0126. The standard InChI is InChI=1S/C26H33N3O4/c1-3-4-15-28(26(31)21-32-20-22-10-6-5-7-11-22)19-25(30)29(18-24-13-9-16-33-24)17-23-12-8-14-27(23)2/h5-14,16H,3-4,15,17-21H2,1-2H3. The molecule has 176 valence electrons. The van der Waals surface area contributed by atoms with E-state index in [9.17, 15) is 9.59 Å². The van der Waals surface area contributed by atoms with E-state index in [-0.39, 0.29) is 25.0 Å². The molecule has 33 heavy (non-hydrogen) atoms. The zero-order chi connectivity index (χ0) is 23.5. The Morgan fingerprint density at radius 1 is 0.970 bits per heavy atom. The summed E-state index contributed by atoms with van der Waals surface area (Å²) < 4.78 is 13.1. The van der Waals surface area contributed by atoms with Crippen molar-refractivity contribution in [1.29, 1.82) is 0 Å². The minimum atomic E-state index is -0.176. The third-order valence-corrected chi connectivity index (χ3v) is 5.48. The molecule has 1 aromatic carbocycles. The van der Waals surface area contributed by atoms with E-state index in [1.165, 1.54) is 0 Å². The number of ether oxygens (including phenoxy) is 1. The first-order chi connectivity index (χ1) is 16.1. The maximum atomic E-state index is 13.3. The van der Waals surface area contributed by atoms with E-state index in [2.05, 4.69) is 6.92 Å². The largest absolute Gasteiger partial charge is 0.467 e. The highest BCUT2D eigenvalue weighted by Crippen LogP contribution is 2.12. The van der Waals surface area contributed by atoms with Crippen molar-refractivity contribution in [2.75, 3.05) is 19.7 Å². The molecule has 7 nitrogen and oxygen atoms in total. The SMILES string of the molecule is CCCCN(CC(=O)N(Cc1ccco1)Cc1cccn1C)C(=O)COCc1ccccc1. The quantitative estimate of drug-likeness (QED) is 0.394. The highest BCUT2D eigenvalue weighted by Gasteiger charge is 2.23. The Balaban J connectivity index is 1.64. The van der Waals surface area contributed by atoms with Crippen molar-refractivity contribution in [2.45, 2.75) is 39.5 Å².